The Morgan fingerprint density at radius 3 is 2.39 bits per heavy atom. The van der Waals surface area contributed by atoms with Gasteiger partial charge in [-0.15, -0.1) is 0 Å². The topological polar surface area (TPSA) is 92.9 Å². The van der Waals surface area contributed by atoms with Crippen LogP contribution in [0.3, 0.4) is 0 Å². The Morgan fingerprint density at radius 1 is 1.39 bits per heavy atom. The van der Waals surface area contributed by atoms with Crippen molar-refractivity contribution in [2.75, 3.05) is 6.54 Å². The third-order valence-corrected chi connectivity index (χ3v) is 3.00. The number of likely N-dealkylation sites (tertiary alicyclic amines) is 1. The molecule has 1 heterocycles. The second-order valence-electron chi connectivity index (χ2n) is 5.83. The molecule has 18 heavy (non-hydrogen) atoms. The Labute approximate surface area is 107 Å². The van der Waals surface area contributed by atoms with Gasteiger partial charge in [0, 0.05) is 18.6 Å². The quantitative estimate of drug-likeness (QED) is 0.733. The molecule has 0 radical (unpaired) electrons. The van der Waals surface area contributed by atoms with E-state index in [1.165, 1.54) is 4.90 Å². The van der Waals surface area contributed by atoms with Crippen LogP contribution in [0.2, 0.25) is 0 Å². The summed E-state index contributed by atoms with van der Waals surface area (Å²) >= 11 is 0. The highest BCUT2D eigenvalue weighted by atomic mass is 16.6. The summed E-state index contributed by atoms with van der Waals surface area (Å²) < 4.78 is 5.28. The summed E-state index contributed by atoms with van der Waals surface area (Å²) in [5.41, 5.74) is 5.24. The highest BCUT2D eigenvalue weighted by molar-refractivity contribution is 5.73. The van der Waals surface area contributed by atoms with E-state index < -0.39 is 29.6 Å². The van der Waals surface area contributed by atoms with Crippen LogP contribution in [0.25, 0.3) is 0 Å². The number of aliphatic carboxylic acids is 1. The van der Waals surface area contributed by atoms with Gasteiger partial charge in [-0.3, -0.25) is 4.79 Å². The lowest BCUT2D eigenvalue weighted by atomic mass is 9.88. The van der Waals surface area contributed by atoms with Gasteiger partial charge in [0.05, 0.1) is 5.92 Å². The first-order valence-electron chi connectivity index (χ1n) is 6.10. The number of hydrogen-bond acceptors (Lipinski definition) is 4. The summed E-state index contributed by atoms with van der Waals surface area (Å²) in [5.74, 6) is -1.50. The van der Waals surface area contributed by atoms with Crippen molar-refractivity contribution in [3.63, 3.8) is 0 Å². The number of piperidine rings is 1. The van der Waals surface area contributed by atoms with Crippen molar-refractivity contribution in [3.8, 4) is 0 Å². The van der Waals surface area contributed by atoms with Gasteiger partial charge in [-0.2, -0.15) is 0 Å². The third-order valence-electron chi connectivity index (χ3n) is 3.00. The minimum Gasteiger partial charge on any atom is -0.481 e. The molecule has 1 aliphatic heterocycles. The van der Waals surface area contributed by atoms with Gasteiger partial charge >= 0.3 is 12.1 Å². The zero-order valence-electron chi connectivity index (χ0n) is 11.3. The monoisotopic (exact) mass is 258 g/mol. The molecule has 0 aromatic carbocycles. The lowest BCUT2D eigenvalue weighted by Crippen LogP contribution is -2.57. The fraction of sp³-hybridized carbons (Fsp3) is 0.833. The van der Waals surface area contributed by atoms with Gasteiger partial charge < -0.3 is 20.5 Å². The number of carboxylic acids is 1. The lowest BCUT2D eigenvalue weighted by Gasteiger charge is -2.40. The molecule has 1 fully saturated rings. The summed E-state index contributed by atoms with van der Waals surface area (Å²) in [5, 5.41) is 9.02. The third kappa shape index (κ3) is 3.60. The Bertz CT molecular complexity index is 337. The van der Waals surface area contributed by atoms with E-state index in [2.05, 4.69) is 0 Å². The van der Waals surface area contributed by atoms with Crippen LogP contribution in [0, 0.1) is 5.92 Å². The maximum atomic E-state index is 11.9. The largest absolute Gasteiger partial charge is 0.481 e. The molecule has 3 N–H and O–H groups in total. The maximum Gasteiger partial charge on any atom is 0.410 e. The van der Waals surface area contributed by atoms with Gasteiger partial charge in [-0.1, -0.05) is 0 Å². The van der Waals surface area contributed by atoms with Crippen LogP contribution in [-0.4, -0.2) is 46.3 Å². The molecule has 104 valence electrons. The van der Waals surface area contributed by atoms with Gasteiger partial charge in [0.2, 0.25) is 0 Å². The zero-order valence-corrected chi connectivity index (χ0v) is 11.3. The van der Waals surface area contributed by atoms with E-state index in [1.54, 1.807) is 20.8 Å². The predicted molar refractivity (Wildman–Crippen MR) is 66.1 cm³/mol. The van der Waals surface area contributed by atoms with E-state index in [4.69, 9.17) is 15.6 Å². The van der Waals surface area contributed by atoms with Crippen molar-refractivity contribution >= 4 is 12.1 Å². The standard InChI is InChI=1S/C12H22N2O4/c1-7-5-8(10(15)16)9(13)6-14(7)11(17)18-12(2,3)4/h7-9H,5-6,13H2,1-4H3,(H,15,16). The second kappa shape index (κ2) is 5.14. The van der Waals surface area contributed by atoms with Crippen molar-refractivity contribution in [1.82, 2.24) is 4.90 Å². The van der Waals surface area contributed by atoms with Crippen molar-refractivity contribution in [2.24, 2.45) is 11.7 Å². The van der Waals surface area contributed by atoms with Gasteiger partial charge in [-0.25, -0.2) is 4.79 Å². The van der Waals surface area contributed by atoms with Gasteiger partial charge in [0.25, 0.3) is 0 Å². The number of carbonyl (C=O) groups excluding carboxylic acids is 1. The molecule has 1 amide bonds. The number of hydrogen-bond donors (Lipinski definition) is 2. The number of nitrogens with zero attached hydrogens (tertiary/aromatic N) is 1. The van der Waals surface area contributed by atoms with Crippen molar-refractivity contribution in [3.05, 3.63) is 0 Å². The average Bonchev–Trinajstić information content (AvgIpc) is 2.17. The van der Waals surface area contributed by atoms with Crippen LogP contribution in [0.4, 0.5) is 4.79 Å². The molecule has 6 nitrogen and oxygen atoms in total. The molecule has 1 saturated heterocycles. The number of carbonyl (C=O) groups is 2. The summed E-state index contributed by atoms with van der Waals surface area (Å²) in [6.07, 6.45) is -0.0790. The minimum absolute atomic E-state index is 0.180. The summed E-state index contributed by atoms with van der Waals surface area (Å²) in [6.45, 7) is 7.40. The van der Waals surface area contributed by atoms with E-state index in [0.29, 0.717) is 6.42 Å². The van der Waals surface area contributed by atoms with E-state index in [-0.39, 0.29) is 12.6 Å². The molecule has 0 aliphatic carbocycles. The van der Waals surface area contributed by atoms with Crippen LogP contribution in [-0.2, 0) is 9.53 Å². The Morgan fingerprint density at radius 2 is 1.94 bits per heavy atom. The van der Waals surface area contributed by atoms with Crippen LogP contribution in [0.15, 0.2) is 0 Å². The normalized spacial score (nSPS) is 28.9. The van der Waals surface area contributed by atoms with Crippen LogP contribution >= 0.6 is 0 Å². The van der Waals surface area contributed by atoms with Crippen molar-refractivity contribution < 1.29 is 19.4 Å². The van der Waals surface area contributed by atoms with E-state index in [0.717, 1.165) is 0 Å². The zero-order chi connectivity index (χ0) is 14.1. The fourth-order valence-electron chi connectivity index (χ4n) is 2.06. The van der Waals surface area contributed by atoms with Gasteiger partial charge in [0.15, 0.2) is 0 Å². The first-order chi connectivity index (χ1) is 8.11. The average molecular weight is 258 g/mol. The van der Waals surface area contributed by atoms with E-state index in [9.17, 15) is 9.59 Å². The van der Waals surface area contributed by atoms with Crippen LogP contribution in [0.5, 0.6) is 0 Å². The lowest BCUT2D eigenvalue weighted by molar-refractivity contribution is -0.144. The summed E-state index contributed by atoms with van der Waals surface area (Å²) in [7, 11) is 0. The molecule has 0 spiro atoms. The van der Waals surface area contributed by atoms with Crippen molar-refractivity contribution in [2.45, 2.75) is 51.8 Å². The minimum atomic E-state index is -0.904. The van der Waals surface area contributed by atoms with Crippen LogP contribution < -0.4 is 5.73 Å². The number of ether oxygens (including phenoxy) is 1. The number of nitrogens with two attached hydrogens (primary N) is 1. The molecule has 1 aliphatic rings. The predicted octanol–water partition coefficient (Wildman–Crippen LogP) is 1.04. The van der Waals surface area contributed by atoms with Gasteiger partial charge in [-0.05, 0) is 34.1 Å². The molecule has 0 saturated carbocycles. The molecule has 0 aromatic rings. The molecule has 6 heteroatoms. The molecule has 1 rings (SSSR count). The first-order valence-corrected chi connectivity index (χ1v) is 6.10. The van der Waals surface area contributed by atoms with E-state index >= 15 is 0 Å². The molecule has 0 aromatic heterocycles. The number of rotatable bonds is 1. The summed E-state index contributed by atoms with van der Waals surface area (Å²) in [6, 6.07) is -0.730. The second-order valence-corrected chi connectivity index (χ2v) is 5.83. The Balaban J connectivity index is 2.70. The summed E-state index contributed by atoms with van der Waals surface area (Å²) in [4.78, 5) is 24.5. The maximum absolute atomic E-state index is 11.9. The fourth-order valence-corrected chi connectivity index (χ4v) is 2.06. The first kappa shape index (κ1) is 14.8. The molecular formula is C12H22N2O4. The number of carboxylic acid groups (broad SMARTS) is 1. The molecule has 3 unspecified atom stereocenters. The smallest absolute Gasteiger partial charge is 0.410 e. The highest BCUT2D eigenvalue weighted by Crippen LogP contribution is 2.24. The Hall–Kier alpha value is -1.30. The Kier molecular flexibility index (Phi) is 4.21. The van der Waals surface area contributed by atoms with Crippen molar-refractivity contribution in [1.29, 1.82) is 0 Å². The molecular weight excluding hydrogens is 236 g/mol. The SMILES string of the molecule is CC1CC(C(=O)O)C(N)CN1C(=O)OC(C)(C)C. The number of amides is 1. The van der Waals surface area contributed by atoms with E-state index in [1.807, 2.05) is 6.92 Å². The molecule has 0 bridgehead atoms. The molecule has 3 atom stereocenters. The highest BCUT2D eigenvalue weighted by Gasteiger charge is 2.39. The van der Waals surface area contributed by atoms with Crippen LogP contribution in [0.1, 0.15) is 34.1 Å². The van der Waals surface area contributed by atoms with Gasteiger partial charge in [0.1, 0.15) is 5.60 Å².